The minimum Gasteiger partial charge on any atom is -0.378 e. The van der Waals surface area contributed by atoms with E-state index < -0.39 is 9.85 Å². The van der Waals surface area contributed by atoms with Gasteiger partial charge in [-0.05, 0) is 24.1 Å². The van der Waals surface area contributed by atoms with Gasteiger partial charge in [0.1, 0.15) is 0 Å². The summed E-state index contributed by atoms with van der Waals surface area (Å²) in [6.07, 6.45) is 2.42. The van der Waals surface area contributed by atoms with Crippen molar-refractivity contribution in [3.05, 3.63) is 74.0 Å². The normalized spacial score (nSPS) is 15.9. The van der Waals surface area contributed by atoms with E-state index in [0.717, 1.165) is 27.7 Å². The highest BCUT2D eigenvalue weighted by Crippen LogP contribution is 2.39. The minimum absolute atomic E-state index is 0.0366. The van der Waals surface area contributed by atoms with Crippen LogP contribution in [0.2, 0.25) is 0 Å². The van der Waals surface area contributed by atoms with E-state index in [0.29, 0.717) is 6.42 Å². The summed E-state index contributed by atoms with van der Waals surface area (Å²) in [7, 11) is 0. The summed E-state index contributed by atoms with van der Waals surface area (Å²) in [4.78, 5) is 24.2. The summed E-state index contributed by atoms with van der Waals surface area (Å²) in [5, 5.41) is 26.0. The summed E-state index contributed by atoms with van der Waals surface area (Å²) in [5.74, 6) is 0. The van der Waals surface area contributed by atoms with Crippen LogP contribution in [0.15, 0.2) is 42.6 Å². The summed E-state index contributed by atoms with van der Waals surface area (Å²) in [6.45, 7) is 0. The maximum atomic E-state index is 11.0. The second kappa shape index (κ2) is 5.05. The fourth-order valence-corrected chi connectivity index (χ4v) is 3.18. The van der Waals surface area contributed by atoms with Gasteiger partial charge in [-0.25, -0.2) is 0 Å². The smallest absolute Gasteiger partial charge is 0.270 e. The Hall–Kier alpha value is -3.42. The third-order valence-electron chi connectivity index (χ3n) is 4.34. The van der Waals surface area contributed by atoms with E-state index in [1.165, 1.54) is 12.1 Å². The van der Waals surface area contributed by atoms with Crippen molar-refractivity contribution in [3.63, 3.8) is 0 Å². The third-order valence-corrected chi connectivity index (χ3v) is 4.34. The van der Waals surface area contributed by atoms with Crippen molar-refractivity contribution in [3.8, 4) is 0 Å². The lowest BCUT2D eigenvalue weighted by Gasteiger charge is -2.10. The summed E-state index contributed by atoms with van der Waals surface area (Å²) in [6, 6.07) is 9.34. The highest BCUT2D eigenvalue weighted by Gasteiger charge is 2.26. The number of benzene rings is 2. The number of hydrogen-bond donors (Lipinski definition) is 2. The van der Waals surface area contributed by atoms with Crippen molar-refractivity contribution in [2.24, 2.45) is 0 Å². The molecule has 1 aliphatic rings. The lowest BCUT2D eigenvalue weighted by atomic mass is 10.0. The number of nitro groups is 2. The van der Waals surface area contributed by atoms with Crippen LogP contribution >= 0.6 is 0 Å². The number of hydrogen-bond acceptors (Lipinski definition) is 5. The van der Waals surface area contributed by atoms with Crippen molar-refractivity contribution in [2.45, 2.75) is 12.5 Å². The number of anilines is 1. The van der Waals surface area contributed by atoms with Crippen LogP contribution in [0.5, 0.6) is 0 Å². The molecule has 2 N–H and O–H groups in total. The first kappa shape index (κ1) is 14.2. The Morgan fingerprint density at radius 3 is 2.46 bits per heavy atom. The van der Waals surface area contributed by atoms with Crippen LogP contribution in [0.25, 0.3) is 10.9 Å². The average molecular weight is 324 g/mol. The Morgan fingerprint density at radius 2 is 1.71 bits per heavy atom. The Bertz CT molecular complexity index is 995. The Kier molecular flexibility index (Phi) is 2.99. The van der Waals surface area contributed by atoms with Gasteiger partial charge in [0.25, 0.3) is 11.4 Å². The van der Waals surface area contributed by atoms with Crippen molar-refractivity contribution in [1.82, 2.24) is 4.98 Å². The van der Waals surface area contributed by atoms with Gasteiger partial charge in [-0.15, -0.1) is 0 Å². The topological polar surface area (TPSA) is 114 Å². The first-order chi connectivity index (χ1) is 11.5. The predicted molar refractivity (Wildman–Crippen MR) is 88.1 cm³/mol. The van der Waals surface area contributed by atoms with E-state index in [-0.39, 0.29) is 17.4 Å². The molecule has 120 valence electrons. The molecule has 0 aliphatic carbocycles. The van der Waals surface area contributed by atoms with Gasteiger partial charge in [0, 0.05) is 52.6 Å². The standard InChI is InChI=1S/C16H12N4O4/c21-19(22)10-1-3-14-9(5-10)6-16(18-14)13-8-17-15-4-2-11(20(23)24)7-12(13)15/h1-5,7-8,16-18H,6H2. The van der Waals surface area contributed by atoms with Gasteiger partial charge >= 0.3 is 0 Å². The second-order valence-corrected chi connectivity index (χ2v) is 5.73. The second-order valence-electron chi connectivity index (χ2n) is 5.73. The molecule has 2 heterocycles. The number of rotatable bonds is 3. The largest absolute Gasteiger partial charge is 0.378 e. The first-order valence-corrected chi connectivity index (χ1v) is 7.32. The number of aromatic nitrogens is 1. The van der Waals surface area contributed by atoms with Crippen molar-refractivity contribution < 1.29 is 9.85 Å². The maximum absolute atomic E-state index is 11.0. The summed E-state index contributed by atoms with van der Waals surface area (Å²) < 4.78 is 0. The van der Waals surface area contributed by atoms with E-state index >= 15 is 0 Å². The quantitative estimate of drug-likeness (QED) is 0.563. The number of H-pyrrole nitrogens is 1. The van der Waals surface area contributed by atoms with Crippen LogP contribution in [-0.4, -0.2) is 14.8 Å². The molecule has 1 aliphatic heterocycles. The van der Waals surface area contributed by atoms with Crippen molar-refractivity contribution in [2.75, 3.05) is 5.32 Å². The zero-order chi connectivity index (χ0) is 16.8. The van der Waals surface area contributed by atoms with Crippen LogP contribution in [0.4, 0.5) is 17.1 Å². The van der Waals surface area contributed by atoms with Gasteiger partial charge in [0.15, 0.2) is 0 Å². The molecule has 0 bridgehead atoms. The van der Waals surface area contributed by atoms with Gasteiger partial charge < -0.3 is 10.3 Å². The van der Waals surface area contributed by atoms with E-state index in [1.807, 2.05) is 6.20 Å². The summed E-state index contributed by atoms with van der Waals surface area (Å²) >= 11 is 0. The zero-order valence-electron chi connectivity index (χ0n) is 12.4. The van der Waals surface area contributed by atoms with Gasteiger partial charge in [0.2, 0.25) is 0 Å². The van der Waals surface area contributed by atoms with Crippen molar-refractivity contribution in [1.29, 1.82) is 0 Å². The number of non-ortho nitro benzene ring substituents is 2. The van der Waals surface area contributed by atoms with Gasteiger partial charge in [-0.1, -0.05) is 0 Å². The van der Waals surface area contributed by atoms with Crippen molar-refractivity contribution >= 4 is 28.0 Å². The van der Waals surface area contributed by atoms with E-state index in [2.05, 4.69) is 10.3 Å². The molecule has 0 saturated heterocycles. The van der Waals surface area contributed by atoms with Crippen LogP contribution in [0.3, 0.4) is 0 Å². The molecule has 8 heteroatoms. The van der Waals surface area contributed by atoms with Gasteiger partial charge in [-0.2, -0.15) is 0 Å². The molecule has 0 radical (unpaired) electrons. The molecule has 1 atom stereocenters. The average Bonchev–Trinajstić information content (AvgIpc) is 3.16. The maximum Gasteiger partial charge on any atom is 0.270 e. The third kappa shape index (κ3) is 2.16. The van der Waals surface area contributed by atoms with Gasteiger partial charge in [-0.3, -0.25) is 20.2 Å². The van der Waals surface area contributed by atoms with E-state index in [9.17, 15) is 20.2 Å². The molecule has 1 aromatic heterocycles. The molecule has 3 aromatic rings. The fraction of sp³-hybridized carbons (Fsp3) is 0.125. The van der Waals surface area contributed by atoms with Crippen LogP contribution < -0.4 is 5.32 Å². The van der Waals surface area contributed by atoms with Crippen LogP contribution in [0, 0.1) is 20.2 Å². The lowest BCUT2D eigenvalue weighted by Crippen LogP contribution is -2.04. The molecule has 0 saturated carbocycles. The number of nitrogens with one attached hydrogen (secondary N) is 2. The number of fused-ring (bicyclic) bond motifs is 2. The van der Waals surface area contributed by atoms with Crippen LogP contribution in [-0.2, 0) is 6.42 Å². The Balaban J connectivity index is 1.72. The SMILES string of the molecule is O=[N+]([O-])c1ccc2c(c1)CC(c1c[nH]c3ccc([N+](=O)[O-])cc13)N2. The molecule has 0 amide bonds. The molecule has 2 aromatic carbocycles. The monoisotopic (exact) mass is 324 g/mol. The lowest BCUT2D eigenvalue weighted by molar-refractivity contribution is -0.385. The molecule has 0 fully saturated rings. The molecule has 8 nitrogen and oxygen atoms in total. The molecular formula is C16H12N4O4. The van der Waals surface area contributed by atoms with Gasteiger partial charge in [0.05, 0.1) is 15.9 Å². The predicted octanol–water partition coefficient (Wildman–Crippen LogP) is 3.69. The molecule has 1 unspecified atom stereocenters. The minimum atomic E-state index is -0.420. The van der Waals surface area contributed by atoms with E-state index in [1.54, 1.807) is 24.3 Å². The summed E-state index contributed by atoms with van der Waals surface area (Å²) in [5.41, 5.74) is 3.55. The Morgan fingerprint density at radius 1 is 1.00 bits per heavy atom. The fourth-order valence-electron chi connectivity index (χ4n) is 3.18. The van der Waals surface area contributed by atoms with E-state index in [4.69, 9.17) is 0 Å². The zero-order valence-corrected chi connectivity index (χ0v) is 12.4. The highest BCUT2D eigenvalue weighted by molar-refractivity contribution is 5.86. The number of aromatic amines is 1. The molecule has 24 heavy (non-hydrogen) atoms. The number of nitrogens with zero attached hydrogens (tertiary/aromatic N) is 2. The molecule has 4 rings (SSSR count). The highest BCUT2D eigenvalue weighted by atomic mass is 16.6. The molecular weight excluding hydrogens is 312 g/mol. The van der Waals surface area contributed by atoms with Crippen LogP contribution in [0.1, 0.15) is 17.2 Å². The molecule has 0 spiro atoms. The Labute approximate surface area is 135 Å². The first-order valence-electron chi connectivity index (χ1n) is 7.32. The number of nitro benzene ring substituents is 2.